The van der Waals surface area contributed by atoms with Gasteiger partial charge in [0.25, 0.3) is 5.91 Å². The molecule has 1 amide bonds. The summed E-state index contributed by atoms with van der Waals surface area (Å²) >= 11 is 9.26. The number of carbonyl (C=O) groups excluding carboxylic acids is 1. The Morgan fingerprint density at radius 3 is 2.86 bits per heavy atom. The molecule has 21 heavy (non-hydrogen) atoms. The molecule has 0 saturated heterocycles. The van der Waals surface area contributed by atoms with Crippen molar-refractivity contribution in [3.8, 4) is 0 Å². The Morgan fingerprint density at radius 1 is 1.43 bits per heavy atom. The van der Waals surface area contributed by atoms with Crippen LogP contribution in [-0.4, -0.2) is 16.9 Å². The molecule has 1 heterocycles. The maximum absolute atomic E-state index is 12.2. The van der Waals surface area contributed by atoms with Gasteiger partial charge in [0.15, 0.2) is 0 Å². The molecule has 1 aromatic carbocycles. The van der Waals surface area contributed by atoms with E-state index in [0.717, 1.165) is 10.9 Å². The number of hydrogen-bond acceptors (Lipinski definition) is 2. The van der Waals surface area contributed by atoms with Crippen LogP contribution in [-0.2, 0) is 6.42 Å². The summed E-state index contributed by atoms with van der Waals surface area (Å²) in [5, 5.41) is 3.16. The second-order valence-electron chi connectivity index (χ2n) is 5.00. The van der Waals surface area contributed by atoms with Crippen LogP contribution in [0.1, 0.15) is 28.4 Å². The minimum atomic E-state index is -0.213. The molecule has 2 aromatic rings. The Kier molecular flexibility index (Phi) is 5.37. The number of aromatic nitrogens is 1. The van der Waals surface area contributed by atoms with Crippen molar-refractivity contribution in [2.45, 2.75) is 26.3 Å². The van der Waals surface area contributed by atoms with Gasteiger partial charge in [-0.15, -0.1) is 0 Å². The highest BCUT2D eigenvalue weighted by atomic mass is 79.9. The van der Waals surface area contributed by atoms with E-state index in [-0.39, 0.29) is 17.1 Å². The Balaban J connectivity index is 2.06. The van der Waals surface area contributed by atoms with Gasteiger partial charge in [-0.1, -0.05) is 35.9 Å². The van der Waals surface area contributed by atoms with Crippen LogP contribution >= 0.6 is 27.5 Å². The topological polar surface area (TPSA) is 42.0 Å². The highest BCUT2D eigenvalue weighted by Gasteiger charge is 2.15. The van der Waals surface area contributed by atoms with E-state index in [9.17, 15) is 4.79 Å². The molecule has 0 spiro atoms. The molecular formula is C16H16BrClN2O. The van der Waals surface area contributed by atoms with Gasteiger partial charge < -0.3 is 5.32 Å². The molecule has 0 aliphatic rings. The third kappa shape index (κ3) is 4.29. The first-order valence-corrected chi connectivity index (χ1v) is 7.81. The summed E-state index contributed by atoms with van der Waals surface area (Å²) in [5.74, 6) is -0.213. The Morgan fingerprint density at radius 2 is 2.14 bits per heavy atom. The summed E-state index contributed by atoms with van der Waals surface area (Å²) in [6.45, 7) is 4.04. The van der Waals surface area contributed by atoms with Crippen LogP contribution in [0, 0.1) is 6.92 Å². The van der Waals surface area contributed by atoms with Gasteiger partial charge >= 0.3 is 0 Å². The number of nitrogens with zero attached hydrogens (tertiary/aromatic N) is 1. The summed E-state index contributed by atoms with van der Waals surface area (Å²) in [6, 6.07) is 9.84. The quantitative estimate of drug-likeness (QED) is 0.824. The Labute approximate surface area is 137 Å². The molecule has 0 aliphatic heterocycles. The fourth-order valence-electron chi connectivity index (χ4n) is 2.10. The van der Waals surface area contributed by atoms with Crippen molar-refractivity contribution in [2.75, 3.05) is 0 Å². The molecule has 5 heteroatoms. The molecule has 0 saturated carbocycles. The van der Waals surface area contributed by atoms with E-state index in [2.05, 4.69) is 45.3 Å². The van der Waals surface area contributed by atoms with E-state index in [4.69, 9.17) is 11.6 Å². The number of amides is 1. The van der Waals surface area contributed by atoms with Crippen molar-refractivity contribution in [2.24, 2.45) is 0 Å². The molecule has 3 nitrogen and oxygen atoms in total. The van der Waals surface area contributed by atoms with Crippen LogP contribution in [0.3, 0.4) is 0 Å². The van der Waals surface area contributed by atoms with Crippen molar-refractivity contribution in [1.29, 1.82) is 0 Å². The van der Waals surface area contributed by atoms with E-state index in [1.54, 1.807) is 12.3 Å². The first-order chi connectivity index (χ1) is 9.97. The van der Waals surface area contributed by atoms with E-state index in [0.29, 0.717) is 5.56 Å². The van der Waals surface area contributed by atoms with Gasteiger partial charge in [-0.05, 0) is 53.4 Å². The third-order valence-corrected chi connectivity index (χ3v) is 3.95. The monoisotopic (exact) mass is 366 g/mol. The number of aryl methyl sites for hydroxylation is 1. The summed E-state index contributed by atoms with van der Waals surface area (Å²) in [5.41, 5.74) is 2.83. The number of pyridine rings is 1. The molecule has 110 valence electrons. The van der Waals surface area contributed by atoms with E-state index >= 15 is 0 Å². The second kappa shape index (κ2) is 7.05. The number of rotatable bonds is 4. The van der Waals surface area contributed by atoms with E-state index < -0.39 is 0 Å². The standard InChI is InChI=1S/C16H16BrClN2O/c1-10-5-3-4-6-12(10)7-11(2)20-16(21)14-8-13(17)9-19-15(14)18/h3-6,8-9,11H,7H2,1-2H3,(H,20,21). The average molecular weight is 368 g/mol. The first kappa shape index (κ1) is 16.0. The van der Waals surface area contributed by atoms with Crippen LogP contribution in [0.4, 0.5) is 0 Å². The van der Waals surface area contributed by atoms with Crippen LogP contribution in [0.5, 0.6) is 0 Å². The minimum Gasteiger partial charge on any atom is -0.349 e. The van der Waals surface area contributed by atoms with Crippen LogP contribution in [0.25, 0.3) is 0 Å². The fraction of sp³-hybridized carbons (Fsp3) is 0.250. The van der Waals surface area contributed by atoms with Gasteiger partial charge in [0, 0.05) is 16.7 Å². The van der Waals surface area contributed by atoms with Gasteiger partial charge in [-0.3, -0.25) is 4.79 Å². The minimum absolute atomic E-state index is 0.00801. The Bertz CT molecular complexity index is 660. The van der Waals surface area contributed by atoms with Crippen LogP contribution < -0.4 is 5.32 Å². The molecule has 1 aromatic heterocycles. The first-order valence-electron chi connectivity index (χ1n) is 6.64. The van der Waals surface area contributed by atoms with Crippen molar-refractivity contribution in [1.82, 2.24) is 10.3 Å². The zero-order chi connectivity index (χ0) is 15.4. The molecule has 0 fully saturated rings. The number of benzene rings is 1. The van der Waals surface area contributed by atoms with Gasteiger partial charge in [0.05, 0.1) is 5.56 Å². The SMILES string of the molecule is Cc1ccccc1CC(C)NC(=O)c1cc(Br)cnc1Cl. The molecule has 1 unspecified atom stereocenters. The zero-order valence-electron chi connectivity index (χ0n) is 11.9. The maximum atomic E-state index is 12.2. The lowest BCUT2D eigenvalue weighted by atomic mass is 10.0. The lowest BCUT2D eigenvalue weighted by Gasteiger charge is -2.15. The van der Waals surface area contributed by atoms with E-state index in [1.807, 2.05) is 19.1 Å². The number of nitrogens with one attached hydrogen (secondary N) is 1. The molecule has 2 rings (SSSR count). The average Bonchev–Trinajstić information content (AvgIpc) is 2.44. The number of carbonyl (C=O) groups is 1. The van der Waals surface area contributed by atoms with Crippen molar-refractivity contribution >= 4 is 33.4 Å². The van der Waals surface area contributed by atoms with Crippen molar-refractivity contribution < 1.29 is 4.79 Å². The predicted molar refractivity (Wildman–Crippen MR) is 88.8 cm³/mol. The van der Waals surface area contributed by atoms with Gasteiger partial charge in [-0.2, -0.15) is 0 Å². The Hall–Kier alpha value is -1.39. The maximum Gasteiger partial charge on any atom is 0.254 e. The lowest BCUT2D eigenvalue weighted by Crippen LogP contribution is -2.34. The molecule has 1 atom stereocenters. The molecule has 0 radical (unpaired) electrons. The second-order valence-corrected chi connectivity index (χ2v) is 6.27. The highest BCUT2D eigenvalue weighted by molar-refractivity contribution is 9.10. The van der Waals surface area contributed by atoms with Gasteiger partial charge in [-0.25, -0.2) is 4.98 Å². The molecule has 0 bridgehead atoms. The largest absolute Gasteiger partial charge is 0.349 e. The zero-order valence-corrected chi connectivity index (χ0v) is 14.2. The summed E-state index contributed by atoms with van der Waals surface area (Å²) in [4.78, 5) is 16.2. The third-order valence-electron chi connectivity index (χ3n) is 3.22. The van der Waals surface area contributed by atoms with Gasteiger partial charge in [0.1, 0.15) is 5.15 Å². The fourth-order valence-corrected chi connectivity index (χ4v) is 2.62. The van der Waals surface area contributed by atoms with Crippen molar-refractivity contribution in [3.63, 3.8) is 0 Å². The smallest absolute Gasteiger partial charge is 0.254 e. The highest BCUT2D eigenvalue weighted by Crippen LogP contribution is 2.18. The number of hydrogen-bond donors (Lipinski definition) is 1. The van der Waals surface area contributed by atoms with Crippen LogP contribution in [0.15, 0.2) is 41.0 Å². The molecular weight excluding hydrogens is 352 g/mol. The lowest BCUT2D eigenvalue weighted by molar-refractivity contribution is 0.0940. The van der Waals surface area contributed by atoms with Crippen molar-refractivity contribution in [3.05, 3.63) is 62.8 Å². The van der Waals surface area contributed by atoms with Gasteiger partial charge in [0.2, 0.25) is 0 Å². The molecule has 0 aliphatic carbocycles. The predicted octanol–water partition coefficient (Wildman–Crippen LogP) is 4.17. The van der Waals surface area contributed by atoms with E-state index in [1.165, 1.54) is 11.1 Å². The summed E-state index contributed by atoms with van der Waals surface area (Å²) < 4.78 is 0.726. The summed E-state index contributed by atoms with van der Waals surface area (Å²) in [7, 11) is 0. The number of halogens is 2. The molecule has 1 N–H and O–H groups in total. The van der Waals surface area contributed by atoms with Crippen LogP contribution in [0.2, 0.25) is 5.15 Å². The normalized spacial score (nSPS) is 12.0. The summed E-state index contributed by atoms with van der Waals surface area (Å²) in [6.07, 6.45) is 2.34.